The summed E-state index contributed by atoms with van der Waals surface area (Å²) in [4.78, 5) is 36.7. The molecule has 0 aromatic rings. The Labute approximate surface area is 142 Å². The first-order chi connectivity index (χ1) is 11.5. The lowest BCUT2D eigenvalue weighted by Crippen LogP contribution is -2.63. The Hall–Kier alpha value is -1.55. The Morgan fingerprint density at radius 1 is 0.833 bits per heavy atom. The molecular weight excluding hydrogens is 318 g/mol. The number of methoxy groups -OCH3 is 3. The molecule has 138 valence electrons. The van der Waals surface area contributed by atoms with Gasteiger partial charge in [0.05, 0.1) is 51.7 Å². The van der Waals surface area contributed by atoms with Crippen LogP contribution in [0.4, 0.5) is 0 Å². The van der Waals surface area contributed by atoms with E-state index in [2.05, 4.69) is 5.53 Å². The normalized spacial score (nSPS) is 15.6. The van der Waals surface area contributed by atoms with E-state index in [-0.39, 0.29) is 63.2 Å². The van der Waals surface area contributed by atoms with Gasteiger partial charge in [0.1, 0.15) is 5.78 Å². The number of Topliss-reactive ketones (excluding diaryl/α,β-unsaturated/α-hetero) is 1. The first-order valence-electron chi connectivity index (χ1n) is 7.90. The second kappa shape index (κ2) is 11.1. The Balaban J connectivity index is 2.75. The molecule has 24 heavy (non-hydrogen) atoms. The van der Waals surface area contributed by atoms with Crippen LogP contribution in [-0.2, 0) is 28.6 Å². The highest BCUT2D eigenvalue weighted by Gasteiger charge is 2.34. The van der Waals surface area contributed by atoms with Gasteiger partial charge in [0.15, 0.2) is 0 Å². The van der Waals surface area contributed by atoms with Gasteiger partial charge in [-0.1, -0.05) is 0 Å². The lowest BCUT2D eigenvalue weighted by atomic mass is 10.00. The molecule has 1 fully saturated rings. The maximum absolute atomic E-state index is 12.3. The molecular formula is C15H27N3O6. The fraction of sp³-hybridized carbons (Fsp3) is 0.800. The van der Waals surface area contributed by atoms with E-state index < -0.39 is 5.92 Å². The van der Waals surface area contributed by atoms with Crippen LogP contribution in [0.2, 0.25) is 0 Å². The molecule has 1 N–H and O–H groups in total. The van der Waals surface area contributed by atoms with E-state index in [1.807, 2.05) is 0 Å². The van der Waals surface area contributed by atoms with Gasteiger partial charge in [-0.2, -0.15) is 0 Å². The topological polar surface area (TPSA) is 97.4 Å². The molecule has 1 aliphatic heterocycles. The number of nitrogens with zero attached hydrogens (tertiary/aromatic N) is 2. The van der Waals surface area contributed by atoms with Crippen molar-refractivity contribution < 1.29 is 28.6 Å². The van der Waals surface area contributed by atoms with Crippen LogP contribution >= 0.6 is 0 Å². The van der Waals surface area contributed by atoms with Gasteiger partial charge in [-0.25, -0.2) is 0 Å². The van der Waals surface area contributed by atoms with Crippen LogP contribution in [0.1, 0.15) is 19.3 Å². The minimum Gasteiger partial charge on any atom is -0.384 e. The standard InChI is InChI=1S/C15H27N3O6/c1-22-7-4-13(19)12-10-17(14(20)5-8-23-2)16-18(11-12)15(21)6-9-24-3/h12,16H,4-11H2,1-3H3. The minimum absolute atomic E-state index is 0.0348. The second-order valence-electron chi connectivity index (χ2n) is 5.50. The number of hydrogen-bond acceptors (Lipinski definition) is 7. The Morgan fingerprint density at radius 3 is 1.67 bits per heavy atom. The smallest absolute Gasteiger partial charge is 0.240 e. The number of hydrazine groups is 2. The summed E-state index contributed by atoms with van der Waals surface area (Å²) < 4.78 is 14.7. The van der Waals surface area contributed by atoms with Gasteiger partial charge in [-0.3, -0.25) is 24.4 Å². The number of hydrogen-bond donors (Lipinski definition) is 1. The highest BCUT2D eigenvalue weighted by molar-refractivity contribution is 5.84. The van der Waals surface area contributed by atoms with E-state index in [0.717, 1.165) is 0 Å². The first-order valence-corrected chi connectivity index (χ1v) is 7.90. The summed E-state index contributed by atoms with van der Waals surface area (Å²) in [7, 11) is 4.54. The summed E-state index contributed by atoms with van der Waals surface area (Å²) in [6, 6.07) is 0. The lowest BCUT2D eigenvalue weighted by Gasteiger charge is -2.40. The summed E-state index contributed by atoms with van der Waals surface area (Å²) in [6.07, 6.45) is 0.590. The lowest BCUT2D eigenvalue weighted by molar-refractivity contribution is -0.160. The zero-order valence-electron chi connectivity index (χ0n) is 14.6. The Kier molecular flexibility index (Phi) is 9.46. The number of carbonyl (C=O) groups excluding carboxylic acids is 3. The van der Waals surface area contributed by atoms with Gasteiger partial charge in [0.2, 0.25) is 11.8 Å². The van der Waals surface area contributed by atoms with Crippen LogP contribution in [0.15, 0.2) is 0 Å². The summed E-state index contributed by atoms with van der Waals surface area (Å²) in [5.41, 5.74) is 2.78. The van der Waals surface area contributed by atoms with Crippen molar-refractivity contribution in [1.82, 2.24) is 15.6 Å². The van der Waals surface area contributed by atoms with Crippen molar-refractivity contribution in [3.8, 4) is 0 Å². The molecule has 9 nitrogen and oxygen atoms in total. The highest BCUT2D eigenvalue weighted by atomic mass is 16.5. The summed E-state index contributed by atoms with van der Waals surface area (Å²) in [5.74, 6) is -0.942. The number of carbonyl (C=O) groups is 3. The fourth-order valence-corrected chi connectivity index (χ4v) is 2.30. The van der Waals surface area contributed by atoms with Gasteiger partial charge in [0.25, 0.3) is 0 Å². The average Bonchev–Trinajstić information content (AvgIpc) is 2.61. The predicted molar refractivity (Wildman–Crippen MR) is 84.5 cm³/mol. The van der Waals surface area contributed by atoms with Crippen molar-refractivity contribution in [2.24, 2.45) is 5.92 Å². The van der Waals surface area contributed by atoms with Crippen LogP contribution in [-0.4, -0.2) is 81.9 Å². The van der Waals surface area contributed by atoms with E-state index in [0.29, 0.717) is 6.61 Å². The average molecular weight is 345 g/mol. The zero-order chi connectivity index (χ0) is 17.9. The number of nitrogens with one attached hydrogen (secondary N) is 1. The molecule has 1 saturated heterocycles. The van der Waals surface area contributed by atoms with E-state index in [4.69, 9.17) is 14.2 Å². The van der Waals surface area contributed by atoms with E-state index in [1.54, 1.807) is 0 Å². The largest absolute Gasteiger partial charge is 0.384 e. The zero-order valence-corrected chi connectivity index (χ0v) is 14.6. The number of rotatable bonds is 10. The first kappa shape index (κ1) is 20.5. The maximum Gasteiger partial charge on any atom is 0.240 e. The molecule has 0 atom stereocenters. The molecule has 0 spiro atoms. The minimum atomic E-state index is -0.445. The van der Waals surface area contributed by atoms with Gasteiger partial charge in [0, 0.05) is 27.8 Å². The molecule has 1 rings (SSSR count). The molecule has 2 amide bonds. The molecule has 0 aliphatic carbocycles. The van der Waals surface area contributed by atoms with Gasteiger partial charge < -0.3 is 14.2 Å². The summed E-state index contributed by atoms with van der Waals surface area (Å²) in [5, 5.41) is 2.62. The molecule has 0 radical (unpaired) electrons. The Bertz CT molecular complexity index is 364. The molecule has 0 saturated carbocycles. The van der Waals surface area contributed by atoms with Crippen molar-refractivity contribution in [3.63, 3.8) is 0 Å². The van der Waals surface area contributed by atoms with Crippen LogP contribution in [0, 0.1) is 5.92 Å². The molecule has 0 bridgehead atoms. The molecule has 0 aromatic heterocycles. The Morgan fingerprint density at radius 2 is 1.25 bits per heavy atom. The monoisotopic (exact) mass is 345 g/mol. The van der Waals surface area contributed by atoms with Crippen molar-refractivity contribution in [2.45, 2.75) is 19.3 Å². The molecule has 0 aromatic carbocycles. The van der Waals surface area contributed by atoms with Crippen LogP contribution in [0.25, 0.3) is 0 Å². The molecule has 1 heterocycles. The van der Waals surface area contributed by atoms with Crippen LogP contribution in [0.3, 0.4) is 0 Å². The third-order valence-electron chi connectivity index (χ3n) is 3.70. The van der Waals surface area contributed by atoms with E-state index >= 15 is 0 Å². The SMILES string of the molecule is COCCC(=O)C1CN(C(=O)CCOC)NN(C(=O)CCOC)C1. The second-order valence-corrected chi connectivity index (χ2v) is 5.50. The predicted octanol–water partition coefficient (Wildman–Crippen LogP) is -0.628. The third kappa shape index (κ3) is 6.52. The van der Waals surface area contributed by atoms with Crippen molar-refractivity contribution in [3.05, 3.63) is 0 Å². The van der Waals surface area contributed by atoms with Crippen molar-refractivity contribution >= 4 is 17.6 Å². The quantitative estimate of drug-likeness (QED) is 0.563. The van der Waals surface area contributed by atoms with Crippen LogP contribution < -0.4 is 5.53 Å². The summed E-state index contributed by atoms with van der Waals surface area (Å²) in [6.45, 7) is 1.31. The molecule has 1 aliphatic rings. The number of amides is 2. The van der Waals surface area contributed by atoms with Crippen molar-refractivity contribution in [1.29, 1.82) is 0 Å². The van der Waals surface area contributed by atoms with Gasteiger partial charge >= 0.3 is 0 Å². The maximum atomic E-state index is 12.3. The fourth-order valence-electron chi connectivity index (χ4n) is 2.30. The van der Waals surface area contributed by atoms with Crippen molar-refractivity contribution in [2.75, 3.05) is 54.2 Å². The van der Waals surface area contributed by atoms with Gasteiger partial charge in [-0.15, -0.1) is 5.53 Å². The third-order valence-corrected chi connectivity index (χ3v) is 3.70. The molecule has 9 heteroatoms. The number of ether oxygens (including phenoxy) is 3. The van der Waals surface area contributed by atoms with E-state index in [1.165, 1.54) is 31.3 Å². The summed E-state index contributed by atoms with van der Waals surface area (Å²) >= 11 is 0. The van der Waals surface area contributed by atoms with Gasteiger partial charge in [-0.05, 0) is 0 Å². The van der Waals surface area contributed by atoms with E-state index in [9.17, 15) is 14.4 Å². The van der Waals surface area contributed by atoms with Crippen LogP contribution in [0.5, 0.6) is 0 Å². The number of ketones is 1. The highest BCUT2D eigenvalue weighted by Crippen LogP contribution is 2.14. The molecule has 0 unspecified atom stereocenters.